The molecule has 7 nitrogen and oxygen atoms in total. The molecule has 0 bridgehead atoms. The van der Waals surface area contributed by atoms with Crippen LogP contribution in [0.3, 0.4) is 0 Å². The highest BCUT2D eigenvalue weighted by Crippen LogP contribution is 2.24. The number of amides is 1. The monoisotopic (exact) mass is 365 g/mol. The van der Waals surface area contributed by atoms with Gasteiger partial charge in [0.15, 0.2) is 0 Å². The number of carbonyl (C=O) groups excluding carboxylic acids is 1. The molecule has 27 heavy (non-hydrogen) atoms. The molecular weight excluding hydrogens is 346 g/mol. The van der Waals surface area contributed by atoms with E-state index >= 15 is 0 Å². The summed E-state index contributed by atoms with van der Waals surface area (Å²) in [6, 6.07) is 14.4. The van der Waals surface area contributed by atoms with Crippen LogP contribution in [0.15, 0.2) is 59.3 Å². The average Bonchev–Trinajstić information content (AvgIpc) is 3.41. The first-order chi connectivity index (χ1) is 13.3. The Balaban J connectivity index is 1.47. The van der Waals surface area contributed by atoms with Gasteiger partial charge in [0.2, 0.25) is 12.3 Å². The first-order valence-corrected chi connectivity index (χ1v) is 8.81. The van der Waals surface area contributed by atoms with Gasteiger partial charge < -0.3 is 19.2 Å². The minimum absolute atomic E-state index is 0.0900. The zero-order valence-electron chi connectivity index (χ0n) is 14.6. The first kappa shape index (κ1) is 17.2. The molecule has 1 saturated heterocycles. The Morgan fingerprint density at radius 1 is 1.22 bits per heavy atom. The molecule has 2 heterocycles. The highest BCUT2D eigenvalue weighted by atomic mass is 16.5. The number of nitrogens with zero attached hydrogens (tertiary/aromatic N) is 2. The summed E-state index contributed by atoms with van der Waals surface area (Å²) in [7, 11) is 0. The Bertz CT molecular complexity index is 905. The van der Waals surface area contributed by atoms with Gasteiger partial charge in [0.25, 0.3) is 5.91 Å². The topological polar surface area (TPSA) is 86.5 Å². The van der Waals surface area contributed by atoms with Crippen molar-refractivity contribution in [3.05, 3.63) is 60.5 Å². The number of rotatable bonds is 6. The Morgan fingerprint density at radius 3 is 2.96 bits per heavy atom. The van der Waals surface area contributed by atoms with Crippen LogP contribution in [0.1, 0.15) is 23.2 Å². The maximum absolute atomic E-state index is 12.8. The minimum Gasteiger partial charge on any atom is -0.490 e. The van der Waals surface area contributed by atoms with Crippen molar-refractivity contribution < 1.29 is 18.7 Å². The lowest BCUT2D eigenvalue weighted by Crippen LogP contribution is -2.19. The molecular formula is C20H19N3O4. The van der Waals surface area contributed by atoms with Crippen molar-refractivity contribution in [3.63, 3.8) is 0 Å². The van der Waals surface area contributed by atoms with Gasteiger partial charge in [0.1, 0.15) is 12.4 Å². The summed E-state index contributed by atoms with van der Waals surface area (Å²) in [5, 5.41) is 10.4. The van der Waals surface area contributed by atoms with Crippen molar-refractivity contribution in [2.45, 2.75) is 18.9 Å². The van der Waals surface area contributed by atoms with Crippen LogP contribution in [0.2, 0.25) is 0 Å². The van der Waals surface area contributed by atoms with E-state index in [1.54, 1.807) is 24.3 Å². The fourth-order valence-corrected chi connectivity index (χ4v) is 2.97. The van der Waals surface area contributed by atoms with E-state index in [-0.39, 0.29) is 12.0 Å². The predicted octanol–water partition coefficient (Wildman–Crippen LogP) is 3.55. The van der Waals surface area contributed by atoms with E-state index in [9.17, 15) is 4.79 Å². The molecule has 1 amide bonds. The standard InChI is InChI=1S/C20H19N3O4/c24-19(22-15-6-3-5-14(11-15)20-23-21-13-27-20)17-8-1-2-9-18(17)26-12-16-7-4-10-25-16/h1-3,5-6,8-9,11,13,16H,4,7,10,12H2,(H,22,24)/t16-/m1/s1. The van der Waals surface area contributed by atoms with Crippen LogP contribution in [0.5, 0.6) is 5.75 Å². The molecule has 1 atom stereocenters. The van der Waals surface area contributed by atoms with E-state index in [1.165, 1.54) is 6.39 Å². The molecule has 0 aliphatic carbocycles. The second-order valence-corrected chi connectivity index (χ2v) is 6.22. The van der Waals surface area contributed by atoms with Crippen molar-refractivity contribution >= 4 is 11.6 Å². The number of para-hydroxylation sites is 1. The normalized spacial score (nSPS) is 16.2. The zero-order chi connectivity index (χ0) is 18.5. The lowest BCUT2D eigenvalue weighted by atomic mass is 10.1. The predicted molar refractivity (Wildman–Crippen MR) is 98.6 cm³/mol. The van der Waals surface area contributed by atoms with Crippen molar-refractivity contribution in [1.82, 2.24) is 10.2 Å². The van der Waals surface area contributed by atoms with Gasteiger partial charge in [0, 0.05) is 17.9 Å². The number of ether oxygens (including phenoxy) is 2. The van der Waals surface area contributed by atoms with Crippen molar-refractivity contribution in [3.8, 4) is 17.2 Å². The molecule has 0 unspecified atom stereocenters. The SMILES string of the molecule is O=C(Nc1cccc(-c2nnco2)c1)c1ccccc1OC[C@H]1CCCO1. The Labute approximate surface area is 156 Å². The van der Waals surface area contributed by atoms with Crippen LogP contribution in [-0.2, 0) is 4.74 Å². The number of carbonyl (C=O) groups is 1. The van der Waals surface area contributed by atoms with E-state index in [2.05, 4.69) is 15.5 Å². The molecule has 4 rings (SSSR count). The van der Waals surface area contributed by atoms with Gasteiger partial charge in [-0.2, -0.15) is 0 Å². The second kappa shape index (κ2) is 8.01. The quantitative estimate of drug-likeness (QED) is 0.719. The number of nitrogens with one attached hydrogen (secondary N) is 1. The molecule has 1 N–H and O–H groups in total. The van der Waals surface area contributed by atoms with Crippen molar-refractivity contribution in [2.75, 3.05) is 18.5 Å². The maximum Gasteiger partial charge on any atom is 0.259 e. The molecule has 0 spiro atoms. The molecule has 0 saturated carbocycles. The smallest absolute Gasteiger partial charge is 0.259 e. The van der Waals surface area contributed by atoms with Crippen molar-refractivity contribution in [1.29, 1.82) is 0 Å². The largest absolute Gasteiger partial charge is 0.490 e. The fraction of sp³-hybridized carbons (Fsp3) is 0.250. The zero-order valence-corrected chi connectivity index (χ0v) is 14.6. The Kier molecular flexibility index (Phi) is 5.11. The van der Waals surface area contributed by atoms with Crippen molar-refractivity contribution in [2.24, 2.45) is 0 Å². The van der Waals surface area contributed by atoms with Crippen LogP contribution in [-0.4, -0.2) is 35.4 Å². The van der Waals surface area contributed by atoms with E-state index in [4.69, 9.17) is 13.9 Å². The van der Waals surface area contributed by atoms with E-state index in [1.807, 2.05) is 24.3 Å². The van der Waals surface area contributed by atoms with Gasteiger partial charge in [-0.1, -0.05) is 18.2 Å². The molecule has 7 heteroatoms. The summed E-state index contributed by atoms with van der Waals surface area (Å²) < 4.78 is 16.6. The highest BCUT2D eigenvalue weighted by Gasteiger charge is 2.18. The number of hydrogen-bond acceptors (Lipinski definition) is 6. The number of aromatic nitrogens is 2. The van der Waals surface area contributed by atoms with E-state index in [0.717, 1.165) is 25.0 Å². The van der Waals surface area contributed by atoms with Crippen LogP contribution in [0.25, 0.3) is 11.5 Å². The van der Waals surface area contributed by atoms with E-state index < -0.39 is 0 Å². The third-order valence-electron chi connectivity index (χ3n) is 4.31. The van der Waals surface area contributed by atoms with Crippen LogP contribution >= 0.6 is 0 Å². The van der Waals surface area contributed by atoms with Gasteiger partial charge in [-0.3, -0.25) is 4.79 Å². The Morgan fingerprint density at radius 2 is 2.15 bits per heavy atom. The summed E-state index contributed by atoms with van der Waals surface area (Å²) in [6.07, 6.45) is 3.39. The lowest BCUT2D eigenvalue weighted by Gasteiger charge is -2.14. The number of benzene rings is 2. The molecule has 1 aliphatic heterocycles. The van der Waals surface area contributed by atoms with Gasteiger partial charge in [-0.05, 0) is 43.2 Å². The molecule has 1 aromatic heterocycles. The molecule has 138 valence electrons. The summed E-state index contributed by atoms with van der Waals surface area (Å²) in [5.41, 5.74) is 1.83. The molecule has 1 fully saturated rings. The Hall–Kier alpha value is -3.19. The van der Waals surface area contributed by atoms with Crippen LogP contribution < -0.4 is 10.1 Å². The van der Waals surface area contributed by atoms with Gasteiger partial charge >= 0.3 is 0 Å². The minimum atomic E-state index is -0.249. The molecule has 3 aromatic rings. The first-order valence-electron chi connectivity index (χ1n) is 8.81. The highest BCUT2D eigenvalue weighted by molar-refractivity contribution is 6.06. The third kappa shape index (κ3) is 4.15. The summed E-state index contributed by atoms with van der Waals surface area (Å²) >= 11 is 0. The molecule has 2 aromatic carbocycles. The lowest BCUT2D eigenvalue weighted by molar-refractivity contribution is 0.0673. The van der Waals surface area contributed by atoms with Gasteiger partial charge in [-0.15, -0.1) is 10.2 Å². The van der Waals surface area contributed by atoms with Gasteiger partial charge in [-0.25, -0.2) is 0 Å². The summed E-state index contributed by atoms with van der Waals surface area (Å²) in [6.45, 7) is 1.21. The molecule has 0 radical (unpaired) electrons. The third-order valence-corrected chi connectivity index (χ3v) is 4.31. The number of anilines is 1. The maximum atomic E-state index is 12.8. The van der Waals surface area contributed by atoms with Gasteiger partial charge in [0.05, 0.1) is 11.7 Å². The van der Waals surface area contributed by atoms with Crippen LogP contribution in [0.4, 0.5) is 5.69 Å². The van der Waals surface area contributed by atoms with E-state index in [0.29, 0.717) is 29.5 Å². The average molecular weight is 365 g/mol. The summed E-state index contributed by atoms with van der Waals surface area (Å²) in [4.78, 5) is 12.8. The number of hydrogen-bond donors (Lipinski definition) is 1. The van der Waals surface area contributed by atoms with Crippen LogP contribution in [0, 0.1) is 0 Å². The summed E-state index contributed by atoms with van der Waals surface area (Å²) in [5.74, 6) is 0.686. The molecule has 1 aliphatic rings. The second-order valence-electron chi connectivity index (χ2n) is 6.22. The fourth-order valence-electron chi connectivity index (χ4n) is 2.97.